The first-order valence-corrected chi connectivity index (χ1v) is 7.00. The van der Waals surface area contributed by atoms with Gasteiger partial charge < -0.3 is 20.9 Å². The summed E-state index contributed by atoms with van der Waals surface area (Å²) in [5, 5.41) is 9.61. The standard InChI is InChI=1S/C14H18FN5O.ClH/c1-16-14(21)9-6-19-13-8(2-5-18-13)12(9)20-11-3-4-17-7-10(11)15;/h2,5-6,10-11,17H,3-4,7H2,1H3,(H,16,21)(H2,18,19,20);1H/t10-,11+;/m1./s1. The molecule has 3 rings (SSSR count). The largest absolute Gasteiger partial charge is 0.378 e. The molecule has 120 valence electrons. The van der Waals surface area contributed by atoms with Crippen molar-refractivity contribution in [2.75, 3.05) is 25.5 Å². The van der Waals surface area contributed by atoms with Crippen molar-refractivity contribution in [2.45, 2.75) is 18.6 Å². The van der Waals surface area contributed by atoms with E-state index in [0.717, 1.165) is 11.9 Å². The van der Waals surface area contributed by atoms with E-state index in [2.05, 4.69) is 25.9 Å². The Morgan fingerprint density at radius 3 is 3.05 bits per heavy atom. The summed E-state index contributed by atoms with van der Waals surface area (Å²) in [6.07, 6.45) is 2.95. The van der Waals surface area contributed by atoms with E-state index in [1.54, 1.807) is 13.2 Å². The van der Waals surface area contributed by atoms with Gasteiger partial charge in [0.05, 0.1) is 17.3 Å². The van der Waals surface area contributed by atoms with Gasteiger partial charge in [-0.3, -0.25) is 4.79 Å². The molecule has 1 aliphatic rings. The van der Waals surface area contributed by atoms with E-state index < -0.39 is 6.17 Å². The summed E-state index contributed by atoms with van der Waals surface area (Å²) in [6.45, 7) is 1.09. The van der Waals surface area contributed by atoms with Crippen molar-refractivity contribution in [3.05, 3.63) is 24.0 Å². The number of halogens is 2. The highest BCUT2D eigenvalue weighted by atomic mass is 35.5. The Balaban J connectivity index is 0.00000176. The van der Waals surface area contributed by atoms with Crippen molar-refractivity contribution in [2.24, 2.45) is 0 Å². The van der Waals surface area contributed by atoms with E-state index in [-0.39, 0.29) is 24.4 Å². The predicted molar refractivity (Wildman–Crippen MR) is 86.5 cm³/mol. The Kier molecular flexibility index (Phi) is 5.20. The number of anilines is 1. The zero-order chi connectivity index (χ0) is 14.8. The number of piperidine rings is 1. The van der Waals surface area contributed by atoms with Gasteiger partial charge in [0.2, 0.25) is 0 Å². The molecular weight excluding hydrogens is 309 g/mol. The van der Waals surface area contributed by atoms with Crippen LogP contribution < -0.4 is 16.0 Å². The summed E-state index contributed by atoms with van der Waals surface area (Å²) in [4.78, 5) is 19.2. The minimum absolute atomic E-state index is 0. The summed E-state index contributed by atoms with van der Waals surface area (Å²) in [5.74, 6) is -0.238. The maximum Gasteiger partial charge on any atom is 0.254 e. The first kappa shape index (κ1) is 16.5. The number of carbonyl (C=O) groups is 1. The number of H-pyrrole nitrogens is 1. The van der Waals surface area contributed by atoms with Crippen LogP contribution in [0.1, 0.15) is 16.8 Å². The van der Waals surface area contributed by atoms with Crippen molar-refractivity contribution >= 4 is 35.0 Å². The average Bonchev–Trinajstić information content (AvgIpc) is 2.98. The third-order valence-electron chi connectivity index (χ3n) is 3.80. The third kappa shape index (κ3) is 3.00. The summed E-state index contributed by atoms with van der Waals surface area (Å²) in [7, 11) is 1.57. The molecule has 1 amide bonds. The topological polar surface area (TPSA) is 81.8 Å². The number of aromatic nitrogens is 2. The lowest BCUT2D eigenvalue weighted by molar-refractivity contribution is 0.0963. The summed E-state index contributed by atoms with van der Waals surface area (Å²) in [6, 6.07) is 1.53. The van der Waals surface area contributed by atoms with Crippen LogP contribution in [0.4, 0.5) is 10.1 Å². The van der Waals surface area contributed by atoms with Gasteiger partial charge in [-0.25, -0.2) is 9.37 Å². The van der Waals surface area contributed by atoms with Crippen LogP contribution in [-0.2, 0) is 0 Å². The van der Waals surface area contributed by atoms with Crippen LogP contribution in [0.3, 0.4) is 0 Å². The Labute approximate surface area is 133 Å². The summed E-state index contributed by atoms with van der Waals surface area (Å²) >= 11 is 0. The molecule has 1 aliphatic heterocycles. The fourth-order valence-corrected chi connectivity index (χ4v) is 2.64. The van der Waals surface area contributed by atoms with Crippen LogP contribution in [0.15, 0.2) is 18.5 Å². The second-order valence-corrected chi connectivity index (χ2v) is 5.13. The lowest BCUT2D eigenvalue weighted by atomic mass is 10.0. The number of aromatic amines is 1. The van der Waals surface area contributed by atoms with E-state index in [1.165, 1.54) is 6.20 Å². The summed E-state index contributed by atoms with van der Waals surface area (Å²) in [5.41, 5.74) is 1.74. The lowest BCUT2D eigenvalue weighted by Crippen LogP contribution is -2.45. The molecule has 0 saturated carbocycles. The fourth-order valence-electron chi connectivity index (χ4n) is 2.64. The van der Waals surface area contributed by atoms with Crippen molar-refractivity contribution in [1.82, 2.24) is 20.6 Å². The number of nitrogens with zero attached hydrogens (tertiary/aromatic N) is 1. The summed E-state index contributed by atoms with van der Waals surface area (Å²) < 4.78 is 14.0. The first-order chi connectivity index (χ1) is 10.2. The Morgan fingerprint density at radius 2 is 2.32 bits per heavy atom. The number of alkyl halides is 1. The van der Waals surface area contributed by atoms with Gasteiger partial charge in [-0.05, 0) is 19.0 Å². The molecule has 0 unspecified atom stereocenters. The molecule has 0 radical (unpaired) electrons. The average molecular weight is 328 g/mol. The Bertz CT molecular complexity index is 662. The van der Waals surface area contributed by atoms with Gasteiger partial charge in [0, 0.05) is 31.4 Å². The van der Waals surface area contributed by atoms with E-state index in [9.17, 15) is 9.18 Å². The zero-order valence-corrected chi connectivity index (χ0v) is 13.0. The van der Waals surface area contributed by atoms with Crippen molar-refractivity contribution in [3.8, 4) is 0 Å². The number of fused-ring (bicyclic) bond motifs is 1. The van der Waals surface area contributed by atoms with Gasteiger partial charge >= 0.3 is 0 Å². The molecule has 2 aromatic rings. The van der Waals surface area contributed by atoms with Crippen molar-refractivity contribution in [3.63, 3.8) is 0 Å². The second-order valence-electron chi connectivity index (χ2n) is 5.13. The number of hydrogen-bond donors (Lipinski definition) is 4. The molecule has 3 heterocycles. The molecule has 1 fully saturated rings. The highest BCUT2D eigenvalue weighted by Crippen LogP contribution is 2.27. The molecule has 2 atom stereocenters. The maximum absolute atomic E-state index is 14.0. The minimum atomic E-state index is -0.988. The second kappa shape index (κ2) is 6.93. The molecule has 0 spiro atoms. The quantitative estimate of drug-likeness (QED) is 0.688. The van der Waals surface area contributed by atoms with Crippen LogP contribution >= 0.6 is 12.4 Å². The van der Waals surface area contributed by atoms with E-state index >= 15 is 0 Å². The van der Waals surface area contributed by atoms with Gasteiger partial charge in [0.1, 0.15) is 11.8 Å². The monoisotopic (exact) mass is 327 g/mol. The molecule has 2 aromatic heterocycles. The molecule has 4 N–H and O–H groups in total. The van der Waals surface area contributed by atoms with Crippen LogP contribution in [0.25, 0.3) is 11.0 Å². The SMILES string of the molecule is CNC(=O)c1cnc2[nH]ccc2c1N[C@H]1CCNC[C@H]1F.Cl. The smallest absolute Gasteiger partial charge is 0.254 e. The van der Waals surface area contributed by atoms with Gasteiger partial charge in [0.25, 0.3) is 5.91 Å². The normalized spacial score (nSPS) is 21.2. The number of hydrogen-bond acceptors (Lipinski definition) is 4. The van der Waals surface area contributed by atoms with Gasteiger partial charge in [-0.15, -0.1) is 12.4 Å². The first-order valence-electron chi connectivity index (χ1n) is 7.00. The van der Waals surface area contributed by atoms with E-state index in [1.807, 2.05) is 6.07 Å². The van der Waals surface area contributed by atoms with Crippen LogP contribution in [0.5, 0.6) is 0 Å². The molecule has 0 aliphatic carbocycles. The Hall–Kier alpha value is -1.86. The third-order valence-corrected chi connectivity index (χ3v) is 3.80. The van der Waals surface area contributed by atoms with Crippen LogP contribution in [0, 0.1) is 0 Å². The van der Waals surface area contributed by atoms with Gasteiger partial charge in [-0.2, -0.15) is 0 Å². The molecular formula is C14H19ClFN5O. The van der Waals surface area contributed by atoms with Crippen LogP contribution in [0.2, 0.25) is 0 Å². The van der Waals surface area contributed by atoms with Crippen LogP contribution in [-0.4, -0.2) is 48.2 Å². The van der Waals surface area contributed by atoms with E-state index in [4.69, 9.17) is 0 Å². The molecule has 8 heteroatoms. The van der Waals surface area contributed by atoms with E-state index in [0.29, 0.717) is 29.9 Å². The van der Waals surface area contributed by atoms with Gasteiger partial charge in [0.15, 0.2) is 0 Å². The molecule has 1 saturated heterocycles. The van der Waals surface area contributed by atoms with Gasteiger partial charge in [-0.1, -0.05) is 0 Å². The number of pyridine rings is 1. The molecule has 0 aromatic carbocycles. The highest BCUT2D eigenvalue weighted by Gasteiger charge is 2.26. The maximum atomic E-state index is 14.0. The predicted octanol–water partition coefficient (Wildman–Crippen LogP) is 1.46. The van der Waals surface area contributed by atoms with Crippen molar-refractivity contribution in [1.29, 1.82) is 0 Å². The fraction of sp³-hybridized carbons (Fsp3) is 0.429. The zero-order valence-electron chi connectivity index (χ0n) is 12.1. The highest BCUT2D eigenvalue weighted by molar-refractivity contribution is 6.06. The number of nitrogens with one attached hydrogen (secondary N) is 4. The number of amides is 1. The minimum Gasteiger partial charge on any atom is -0.378 e. The lowest BCUT2D eigenvalue weighted by Gasteiger charge is -2.29. The molecule has 22 heavy (non-hydrogen) atoms. The molecule has 6 nitrogen and oxygen atoms in total. The molecule has 0 bridgehead atoms. The van der Waals surface area contributed by atoms with Crippen molar-refractivity contribution < 1.29 is 9.18 Å². The number of rotatable bonds is 3. The Morgan fingerprint density at radius 1 is 1.50 bits per heavy atom. The number of carbonyl (C=O) groups excluding carboxylic acids is 1.